The van der Waals surface area contributed by atoms with Crippen LogP contribution in [0.5, 0.6) is 0 Å². The van der Waals surface area contributed by atoms with Crippen molar-refractivity contribution in [3.05, 3.63) is 57.3 Å². The predicted molar refractivity (Wildman–Crippen MR) is 89.9 cm³/mol. The van der Waals surface area contributed by atoms with Crippen molar-refractivity contribution in [2.45, 2.75) is 0 Å². The van der Waals surface area contributed by atoms with Gasteiger partial charge in [0.15, 0.2) is 0 Å². The summed E-state index contributed by atoms with van der Waals surface area (Å²) in [6.07, 6.45) is 4.25. The molecule has 5 nitrogen and oxygen atoms in total. The second kappa shape index (κ2) is 7.98. The number of carbonyl (C=O) groups is 1. The Labute approximate surface area is 142 Å². The first-order valence-corrected chi connectivity index (χ1v) is 7.30. The molecule has 1 aromatic heterocycles. The lowest BCUT2D eigenvalue weighted by Gasteiger charge is -2.05. The fourth-order valence-corrected chi connectivity index (χ4v) is 2.19. The number of anilines is 1. The van der Waals surface area contributed by atoms with E-state index in [4.69, 9.17) is 34.8 Å². The number of hydrogen-bond acceptors (Lipinski definition) is 4. The smallest absolute Gasteiger partial charge is 0.259 e. The molecule has 0 fully saturated rings. The summed E-state index contributed by atoms with van der Waals surface area (Å²) in [5.74, 6) is -0.322. The van der Waals surface area contributed by atoms with Gasteiger partial charge < -0.3 is 5.32 Å². The van der Waals surface area contributed by atoms with E-state index in [9.17, 15) is 4.79 Å². The molecule has 0 atom stereocenters. The molecule has 0 bridgehead atoms. The molecule has 2 N–H and O–H groups in total. The molecule has 0 aliphatic heterocycles. The van der Waals surface area contributed by atoms with Crippen molar-refractivity contribution in [1.29, 1.82) is 0 Å². The third-order valence-corrected chi connectivity index (χ3v) is 3.39. The number of aromatic nitrogens is 1. The molecule has 1 amide bonds. The number of hydrogen-bond donors (Lipinski definition) is 2. The number of carbonyl (C=O) groups excluding carboxylic acids is 1. The number of amides is 1. The monoisotopic (exact) mass is 356 g/mol. The lowest BCUT2D eigenvalue weighted by molar-refractivity contribution is -0.119. The van der Waals surface area contributed by atoms with Gasteiger partial charge in [-0.2, -0.15) is 5.10 Å². The van der Waals surface area contributed by atoms with Gasteiger partial charge in [-0.1, -0.05) is 40.9 Å². The molecule has 0 aliphatic carbocycles. The Bertz CT molecular complexity index is 686. The average molecular weight is 358 g/mol. The Morgan fingerprint density at radius 1 is 1.23 bits per heavy atom. The van der Waals surface area contributed by atoms with Crippen molar-refractivity contribution >= 4 is 52.6 Å². The van der Waals surface area contributed by atoms with E-state index in [1.165, 1.54) is 18.6 Å². The first-order chi connectivity index (χ1) is 10.6. The zero-order valence-corrected chi connectivity index (χ0v) is 13.5. The summed E-state index contributed by atoms with van der Waals surface area (Å²) in [4.78, 5) is 15.5. The summed E-state index contributed by atoms with van der Waals surface area (Å²) in [6, 6.07) is 7.06. The molecule has 0 saturated heterocycles. The van der Waals surface area contributed by atoms with Crippen LogP contribution in [0.15, 0.2) is 41.8 Å². The number of nitrogens with one attached hydrogen (secondary N) is 2. The Morgan fingerprint density at radius 3 is 2.64 bits per heavy atom. The highest BCUT2D eigenvalue weighted by Gasteiger charge is 2.04. The van der Waals surface area contributed by atoms with Crippen LogP contribution < -0.4 is 10.7 Å². The fourth-order valence-electron chi connectivity index (χ4n) is 1.53. The van der Waals surface area contributed by atoms with Crippen molar-refractivity contribution in [3.8, 4) is 0 Å². The topological polar surface area (TPSA) is 66.4 Å². The maximum atomic E-state index is 11.7. The van der Waals surface area contributed by atoms with Gasteiger partial charge in [-0.15, -0.1) is 0 Å². The number of benzene rings is 1. The second-order valence-corrected chi connectivity index (χ2v) is 5.42. The highest BCUT2D eigenvalue weighted by molar-refractivity contribution is 6.38. The van der Waals surface area contributed by atoms with Crippen LogP contribution in [0.2, 0.25) is 15.1 Å². The standard InChI is InChI=1S/C14H11Cl3N4O/c15-9-2-1-3-10(4-9)19-8-14(22)21-20-5-11-12(16)6-18-7-13(11)17/h1-7,19H,8H2,(H,21,22)/b20-5-. The van der Waals surface area contributed by atoms with E-state index in [0.29, 0.717) is 20.6 Å². The van der Waals surface area contributed by atoms with Gasteiger partial charge in [0.2, 0.25) is 0 Å². The van der Waals surface area contributed by atoms with Gasteiger partial charge in [-0.3, -0.25) is 9.78 Å². The average Bonchev–Trinajstić information content (AvgIpc) is 2.48. The van der Waals surface area contributed by atoms with E-state index in [2.05, 4.69) is 20.8 Å². The number of rotatable bonds is 5. The van der Waals surface area contributed by atoms with Gasteiger partial charge in [-0.05, 0) is 18.2 Å². The summed E-state index contributed by atoms with van der Waals surface area (Å²) in [6.45, 7) is 0.0511. The van der Waals surface area contributed by atoms with Gasteiger partial charge in [-0.25, -0.2) is 5.43 Å². The van der Waals surface area contributed by atoms with Crippen molar-refractivity contribution in [1.82, 2.24) is 10.4 Å². The Hall–Kier alpha value is -1.82. The van der Waals surface area contributed by atoms with Crippen LogP contribution in [0.3, 0.4) is 0 Å². The Morgan fingerprint density at radius 2 is 1.95 bits per heavy atom. The van der Waals surface area contributed by atoms with Crippen LogP contribution in [0.4, 0.5) is 5.69 Å². The highest BCUT2D eigenvalue weighted by atomic mass is 35.5. The number of nitrogens with zero attached hydrogens (tertiary/aromatic N) is 2. The Kier molecular flexibility index (Phi) is 6.00. The molecule has 1 heterocycles. The summed E-state index contributed by atoms with van der Waals surface area (Å²) in [5.41, 5.74) is 3.60. The largest absolute Gasteiger partial charge is 0.376 e. The van der Waals surface area contributed by atoms with Gasteiger partial charge in [0.1, 0.15) is 0 Å². The molecular formula is C14H11Cl3N4O. The van der Waals surface area contributed by atoms with Crippen molar-refractivity contribution < 1.29 is 4.79 Å². The van der Waals surface area contributed by atoms with E-state index in [0.717, 1.165) is 5.69 Å². The molecule has 22 heavy (non-hydrogen) atoms. The zero-order valence-electron chi connectivity index (χ0n) is 11.2. The highest BCUT2D eigenvalue weighted by Crippen LogP contribution is 2.20. The van der Waals surface area contributed by atoms with E-state index < -0.39 is 0 Å². The summed E-state index contributed by atoms with van der Waals surface area (Å²) >= 11 is 17.7. The molecule has 8 heteroatoms. The van der Waals surface area contributed by atoms with Crippen molar-refractivity contribution in [2.24, 2.45) is 5.10 Å². The van der Waals surface area contributed by atoms with Gasteiger partial charge in [0.05, 0.1) is 22.8 Å². The molecule has 114 valence electrons. The lowest BCUT2D eigenvalue weighted by Crippen LogP contribution is -2.25. The van der Waals surface area contributed by atoms with E-state index >= 15 is 0 Å². The number of halogens is 3. The molecule has 0 unspecified atom stereocenters. The summed E-state index contributed by atoms with van der Waals surface area (Å²) < 4.78 is 0. The van der Waals surface area contributed by atoms with Crippen molar-refractivity contribution in [3.63, 3.8) is 0 Å². The van der Waals surface area contributed by atoms with Crippen LogP contribution in [-0.2, 0) is 4.79 Å². The number of pyridine rings is 1. The maximum Gasteiger partial charge on any atom is 0.259 e. The minimum Gasteiger partial charge on any atom is -0.376 e. The van der Waals surface area contributed by atoms with Gasteiger partial charge in [0, 0.05) is 28.7 Å². The van der Waals surface area contributed by atoms with Crippen LogP contribution in [0.25, 0.3) is 0 Å². The minimum atomic E-state index is -0.322. The third-order valence-electron chi connectivity index (χ3n) is 2.55. The van der Waals surface area contributed by atoms with Gasteiger partial charge in [0.25, 0.3) is 5.91 Å². The molecule has 2 rings (SSSR count). The van der Waals surface area contributed by atoms with E-state index in [-0.39, 0.29) is 12.5 Å². The molecule has 0 aliphatic rings. The van der Waals surface area contributed by atoms with Crippen LogP contribution in [0, 0.1) is 0 Å². The first-order valence-electron chi connectivity index (χ1n) is 6.16. The molecule has 0 radical (unpaired) electrons. The molecule has 0 saturated carbocycles. The molecule has 1 aromatic carbocycles. The normalized spacial score (nSPS) is 10.7. The summed E-state index contributed by atoms with van der Waals surface area (Å²) in [5, 5.41) is 8.02. The SMILES string of the molecule is O=C(CNc1cccc(Cl)c1)N/N=C\c1c(Cl)cncc1Cl. The zero-order chi connectivity index (χ0) is 15.9. The predicted octanol–water partition coefficient (Wildman–Crippen LogP) is 3.60. The molecular weight excluding hydrogens is 347 g/mol. The van der Waals surface area contributed by atoms with Crippen LogP contribution >= 0.6 is 34.8 Å². The Balaban J connectivity index is 1.86. The maximum absolute atomic E-state index is 11.7. The minimum absolute atomic E-state index is 0.0511. The second-order valence-electron chi connectivity index (χ2n) is 4.17. The first kappa shape index (κ1) is 16.5. The van der Waals surface area contributed by atoms with Gasteiger partial charge >= 0.3 is 0 Å². The summed E-state index contributed by atoms with van der Waals surface area (Å²) in [7, 11) is 0. The quantitative estimate of drug-likeness (QED) is 0.634. The molecule has 0 spiro atoms. The third kappa shape index (κ3) is 4.87. The lowest BCUT2D eigenvalue weighted by atomic mass is 10.3. The van der Waals surface area contributed by atoms with Crippen LogP contribution in [0.1, 0.15) is 5.56 Å². The van der Waals surface area contributed by atoms with Crippen LogP contribution in [-0.4, -0.2) is 23.7 Å². The van der Waals surface area contributed by atoms with E-state index in [1.54, 1.807) is 24.3 Å². The van der Waals surface area contributed by atoms with Crippen molar-refractivity contribution in [2.75, 3.05) is 11.9 Å². The fraction of sp³-hybridized carbons (Fsp3) is 0.0714. The molecule has 2 aromatic rings. The number of hydrazone groups is 1. The van der Waals surface area contributed by atoms with E-state index in [1.807, 2.05) is 0 Å².